The number of nitrogens with one attached hydrogen (secondary N) is 1. The Kier molecular flexibility index (Phi) is 6.89. The maximum Gasteiger partial charge on any atom is 0.407 e. The largest absolute Gasteiger partial charge is 0.494 e. The van der Waals surface area contributed by atoms with Gasteiger partial charge < -0.3 is 19.7 Å². The third-order valence-corrected chi connectivity index (χ3v) is 4.16. The van der Waals surface area contributed by atoms with Gasteiger partial charge in [-0.15, -0.1) is 0 Å². The number of nitrogens with zero attached hydrogens (tertiary/aromatic N) is 1. The monoisotopic (exact) mass is 362 g/mol. The van der Waals surface area contributed by atoms with Crippen LogP contribution < -0.4 is 10.1 Å². The fraction of sp³-hybridized carbons (Fsp3) is 0.600. The third-order valence-electron chi connectivity index (χ3n) is 4.16. The van der Waals surface area contributed by atoms with E-state index >= 15 is 0 Å². The number of amides is 2. The standard InChI is InChI=1S/C20H30N2O4/c1-5-25-16-10-8-15(9-11-16)17-7-6-14-22(17)18(23)12-13-21-19(24)26-20(2,3)4/h8-11,17H,5-7,12-14H2,1-4H3,(H,21,24). The van der Waals surface area contributed by atoms with Crippen molar-refractivity contribution in [3.8, 4) is 5.75 Å². The summed E-state index contributed by atoms with van der Waals surface area (Å²) in [6, 6.07) is 8.05. The number of hydrogen-bond acceptors (Lipinski definition) is 4. The lowest BCUT2D eigenvalue weighted by molar-refractivity contribution is -0.132. The normalized spacial score (nSPS) is 17.1. The summed E-state index contributed by atoms with van der Waals surface area (Å²) in [5.74, 6) is 0.895. The van der Waals surface area contributed by atoms with Gasteiger partial charge in [-0.2, -0.15) is 0 Å². The molecule has 2 amide bonds. The molecule has 0 bridgehead atoms. The molecule has 26 heavy (non-hydrogen) atoms. The number of hydrogen-bond donors (Lipinski definition) is 1. The molecule has 1 N–H and O–H groups in total. The van der Waals surface area contributed by atoms with Gasteiger partial charge in [0.15, 0.2) is 0 Å². The molecule has 6 heteroatoms. The molecule has 0 saturated carbocycles. The molecular weight excluding hydrogens is 332 g/mol. The molecule has 1 heterocycles. The van der Waals surface area contributed by atoms with Crippen LogP contribution in [-0.4, -0.2) is 42.2 Å². The van der Waals surface area contributed by atoms with Gasteiger partial charge in [0.1, 0.15) is 11.4 Å². The van der Waals surface area contributed by atoms with E-state index in [9.17, 15) is 9.59 Å². The van der Waals surface area contributed by atoms with Crippen LogP contribution in [0, 0.1) is 0 Å². The van der Waals surface area contributed by atoms with Gasteiger partial charge in [0.2, 0.25) is 5.91 Å². The predicted molar refractivity (Wildman–Crippen MR) is 100 cm³/mol. The first-order valence-corrected chi connectivity index (χ1v) is 9.29. The highest BCUT2D eigenvalue weighted by Gasteiger charge is 2.29. The van der Waals surface area contributed by atoms with Crippen LogP contribution in [0.25, 0.3) is 0 Å². The molecule has 1 aromatic rings. The minimum atomic E-state index is -0.540. The molecule has 1 saturated heterocycles. The second kappa shape index (κ2) is 8.92. The molecule has 2 rings (SSSR count). The van der Waals surface area contributed by atoms with Gasteiger partial charge in [-0.25, -0.2) is 4.79 Å². The first-order valence-electron chi connectivity index (χ1n) is 9.29. The van der Waals surface area contributed by atoms with Crippen molar-refractivity contribution < 1.29 is 19.1 Å². The van der Waals surface area contributed by atoms with Crippen LogP contribution in [-0.2, 0) is 9.53 Å². The molecule has 6 nitrogen and oxygen atoms in total. The van der Waals surface area contributed by atoms with E-state index < -0.39 is 11.7 Å². The summed E-state index contributed by atoms with van der Waals surface area (Å²) in [6.07, 6.45) is 1.73. The van der Waals surface area contributed by atoms with Crippen molar-refractivity contribution >= 4 is 12.0 Å². The Morgan fingerprint density at radius 3 is 2.54 bits per heavy atom. The van der Waals surface area contributed by atoms with Crippen LogP contribution in [0.3, 0.4) is 0 Å². The number of ether oxygens (including phenoxy) is 2. The van der Waals surface area contributed by atoms with Crippen molar-refractivity contribution in [1.82, 2.24) is 10.2 Å². The Morgan fingerprint density at radius 2 is 1.92 bits per heavy atom. The predicted octanol–water partition coefficient (Wildman–Crippen LogP) is 3.66. The fourth-order valence-electron chi connectivity index (χ4n) is 3.09. The highest BCUT2D eigenvalue weighted by Crippen LogP contribution is 2.33. The van der Waals surface area contributed by atoms with Gasteiger partial charge in [0, 0.05) is 19.5 Å². The van der Waals surface area contributed by atoms with Crippen molar-refractivity contribution in [3.63, 3.8) is 0 Å². The zero-order chi connectivity index (χ0) is 19.2. The maximum absolute atomic E-state index is 12.6. The Labute approximate surface area is 155 Å². The molecule has 1 atom stereocenters. The quantitative estimate of drug-likeness (QED) is 0.838. The van der Waals surface area contributed by atoms with E-state index in [1.807, 2.05) is 56.9 Å². The van der Waals surface area contributed by atoms with E-state index in [0.717, 1.165) is 30.7 Å². The van der Waals surface area contributed by atoms with E-state index in [-0.39, 0.29) is 24.9 Å². The number of likely N-dealkylation sites (tertiary alicyclic amines) is 1. The second-order valence-corrected chi connectivity index (χ2v) is 7.43. The average molecular weight is 362 g/mol. The van der Waals surface area contributed by atoms with Gasteiger partial charge in [-0.1, -0.05) is 12.1 Å². The summed E-state index contributed by atoms with van der Waals surface area (Å²) in [7, 11) is 0. The second-order valence-electron chi connectivity index (χ2n) is 7.43. The molecule has 144 valence electrons. The Morgan fingerprint density at radius 1 is 1.23 bits per heavy atom. The minimum absolute atomic E-state index is 0.0532. The Hall–Kier alpha value is -2.24. The molecule has 1 aliphatic rings. The zero-order valence-electron chi connectivity index (χ0n) is 16.2. The van der Waals surface area contributed by atoms with Gasteiger partial charge in [0.05, 0.1) is 12.6 Å². The summed E-state index contributed by atoms with van der Waals surface area (Å²) in [5, 5.41) is 2.64. The Bertz CT molecular complexity index is 607. The van der Waals surface area contributed by atoms with Gasteiger partial charge in [-0.05, 0) is 58.2 Å². The van der Waals surface area contributed by atoms with Crippen molar-refractivity contribution in [2.45, 2.75) is 58.6 Å². The number of alkyl carbamates (subject to hydrolysis) is 1. The molecule has 0 aromatic heterocycles. The van der Waals surface area contributed by atoms with Crippen molar-refractivity contribution in [1.29, 1.82) is 0 Å². The van der Waals surface area contributed by atoms with Crippen LogP contribution in [0.2, 0.25) is 0 Å². The van der Waals surface area contributed by atoms with Crippen LogP contribution in [0.1, 0.15) is 58.6 Å². The zero-order valence-corrected chi connectivity index (χ0v) is 16.2. The lowest BCUT2D eigenvalue weighted by Gasteiger charge is -2.25. The molecular formula is C20H30N2O4. The number of rotatable bonds is 6. The highest BCUT2D eigenvalue weighted by molar-refractivity contribution is 5.78. The summed E-state index contributed by atoms with van der Waals surface area (Å²) in [6.45, 7) is 9.05. The fourth-order valence-corrected chi connectivity index (χ4v) is 3.09. The topological polar surface area (TPSA) is 67.9 Å². The van der Waals surface area contributed by atoms with Crippen molar-refractivity contribution in [3.05, 3.63) is 29.8 Å². The summed E-state index contributed by atoms with van der Waals surface area (Å²) >= 11 is 0. The van der Waals surface area contributed by atoms with E-state index in [1.54, 1.807) is 0 Å². The summed E-state index contributed by atoms with van der Waals surface area (Å²) in [5.41, 5.74) is 0.585. The maximum atomic E-state index is 12.6. The van der Waals surface area contributed by atoms with E-state index in [4.69, 9.17) is 9.47 Å². The smallest absolute Gasteiger partial charge is 0.407 e. The summed E-state index contributed by atoms with van der Waals surface area (Å²) in [4.78, 5) is 26.1. The SMILES string of the molecule is CCOc1ccc(C2CCCN2C(=O)CCNC(=O)OC(C)(C)C)cc1. The van der Waals surface area contributed by atoms with Crippen LogP contribution in [0.15, 0.2) is 24.3 Å². The van der Waals surface area contributed by atoms with Crippen molar-refractivity contribution in [2.75, 3.05) is 19.7 Å². The first-order chi connectivity index (χ1) is 12.3. The highest BCUT2D eigenvalue weighted by atomic mass is 16.6. The number of carbonyl (C=O) groups is 2. The average Bonchev–Trinajstić information content (AvgIpc) is 3.04. The molecule has 0 aliphatic carbocycles. The van der Waals surface area contributed by atoms with Gasteiger partial charge in [0.25, 0.3) is 0 Å². The van der Waals surface area contributed by atoms with E-state index in [0.29, 0.717) is 6.61 Å². The van der Waals surface area contributed by atoms with E-state index in [1.165, 1.54) is 0 Å². The molecule has 0 spiro atoms. The van der Waals surface area contributed by atoms with Gasteiger partial charge >= 0.3 is 6.09 Å². The van der Waals surface area contributed by atoms with Crippen LogP contribution in [0.4, 0.5) is 4.79 Å². The molecule has 0 radical (unpaired) electrons. The molecule has 1 aliphatic heterocycles. The van der Waals surface area contributed by atoms with Crippen LogP contribution >= 0.6 is 0 Å². The number of carbonyl (C=O) groups excluding carboxylic acids is 2. The number of benzene rings is 1. The lowest BCUT2D eigenvalue weighted by Crippen LogP contribution is -2.36. The van der Waals surface area contributed by atoms with Crippen molar-refractivity contribution in [2.24, 2.45) is 0 Å². The lowest BCUT2D eigenvalue weighted by atomic mass is 10.0. The van der Waals surface area contributed by atoms with Crippen LogP contribution in [0.5, 0.6) is 5.75 Å². The summed E-state index contributed by atoms with van der Waals surface area (Å²) < 4.78 is 10.7. The third kappa shape index (κ3) is 5.93. The molecule has 1 aromatic carbocycles. The molecule has 1 fully saturated rings. The first kappa shape index (κ1) is 20.1. The minimum Gasteiger partial charge on any atom is -0.494 e. The Balaban J connectivity index is 1.86. The molecule has 1 unspecified atom stereocenters. The van der Waals surface area contributed by atoms with E-state index in [2.05, 4.69) is 5.32 Å². The van der Waals surface area contributed by atoms with Gasteiger partial charge in [-0.3, -0.25) is 4.79 Å².